The fourth-order valence-corrected chi connectivity index (χ4v) is 3.82. The van der Waals surface area contributed by atoms with E-state index in [0.717, 1.165) is 35.0 Å². The highest BCUT2D eigenvalue weighted by Gasteiger charge is 2.25. The van der Waals surface area contributed by atoms with Crippen molar-refractivity contribution < 1.29 is 9.53 Å². The Kier molecular flexibility index (Phi) is 4.75. The van der Waals surface area contributed by atoms with E-state index >= 15 is 0 Å². The second kappa shape index (κ2) is 7.35. The number of nitrogens with two attached hydrogens (primary N) is 1. The molecule has 3 aromatic rings. The number of fused-ring (bicyclic) bond motifs is 1. The lowest BCUT2D eigenvalue weighted by molar-refractivity contribution is 0.0834. The third kappa shape index (κ3) is 3.50. The van der Waals surface area contributed by atoms with Crippen molar-refractivity contribution in [2.24, 2.45) is 0 Å². The van der Waals surface area contributed by atoms with E-state index in [1.54, 1.807) is 0 Å². The monoisotopic (exact) mass is 363 g/mol. The molecule has 140 valence electrons. The summed E-state index contributed by atoms with van der Waals surface area (Å²) in [6, 6.07) is 16.5. The lowest BCUT2D eigenvalue weighted by Gasteiger charge is -2.32. The number of carbonyl (C=O) groups is 1. The minimum Gasteiger partial charge on any atom is -0.445 e. The van der Waals surface area contributed by atoms with E-state index in [-0.39, 0.29) is 6.09 Å². The van der Waals surface area contributed by atoms with Crippen LogP contribution < -0.4 is 5.73 Å². The number of rotatable bonds is 3. The van der Waals surface area contributed by atoms with E-state index in [0.29, 0.717) is 25.7 Å². The smallest absolute Gasteiger partial charge is 0.410 e. The Bertz CT molecular complexity index is 941. The van der Waals surface area contributed by atoms with Crippen molar-refractivity contribution in [1.29, 1.82) is 0 Å². The summed E-state index contributed by atoms with van der Waals surface area (Å²) < 4.78 is 7.76. The average Bonchev–Trinajstić information content (AvgIpc) is 3.14. The Labute approximate surface area is 159 Å². The molecule has 27 heavy (non-hydrogen) atoms. The SMILES string of the molecule is Cc1ccc2c(ccn2C2CCN(C(=O)OCc3ccccc3)CC2)c1N. The zero-order chi connectivity index (χ0) is 18.8. The maximum atomic E-state index is 12.3. The van der Waals surface area contributed by atoms with E-state index in [1.165, 1.54) is 5.52 Å². The maximum Gasteiger partial charge on any atom is 0.410 e. The van der Waals surface area contributed by atoms with Crippen LogP contribution in [0.2, 0.25) is 0 Å². The van der Waals surface area contributed by atoms with Crippen LogP contribution in [0.5, 0.6) is 0 Å². The van der Waals surface area contributed by atoms with Gasteiger partial charge in [0.05, 0.1) is 5.52 Å². The molecular formula is C22H25N3O2. The molecule has 0 aliphatic carbocycles. The number of benzene rings is 2. The number of amides is 1. The van der Waals surface area contributed by atoms with Gasteiger partial charge in [-0.3, -0.25) is 0 Å². The van der Waals surface area contributed by atoms with Crippen LogP contribution in [0.25, 0.3) is 10.9 Å². The average molecular weight is 363 g/mol. The number of ether oxygens (including phenoxy) is 1. The van der Waals surface area contributed by atoms with Crippen LogP contribution >= 0.6 is 0 Å². The van der Waals surface area contributed by atoms with Gasteiger partial charge in [0, 0.05) is 36.4 Å². The minimum atomic E-state index is -0.227. The second-order valence-electron chi connectivity index (χ2n) is 7.21. The van der Waals surface area contributed by atoms with E-state index in [1.807, 2.05) is 42.2 Å². The standard InChI is InChI=1S/C22H25N3O2/c1-16-7-8-20-19(21(16)23)11-14-25(20)18-9-12-24(13-10-18)22(26)27-15-17-5-3-2-4-6-17/h2-8,11,14,18H,9-10,12-13,15,23H2,1H3. The van der Waals surface area contributed by atoms with Crippen molar-refractivity contribution in [3.8, 4) is 0 Å². The zero-order valence-corrected chi connectivity index (χ0v) is 15.6. The number of aryl methyl sites for hydroxylation is 1. The van der Waals surface area contributed by atoms with Gasteiger partial charge in [-0.25, -0.2) is 4.79 Å². The number of piperidine rings is 1. The van der Waals surface area contributed by atoms with Crippen LogP contribution in [-0.4, -0.2) is 28.6 Å². The molecule has 5 heteroatoms. The number of carbonyl (C=O) groups excluding carboxylic acids is 1. The number of likely N-dealkylation sites (tertiary alicyclic amines) is 1. The molecule has 2 heterocycles. The summed E-state index contributed by atoms with van der Waals surface area (Å²) in [5.74, 6) is 0. The summed E-state index contributed by atoms with van der Waals surface area (Å²) in [6.45, 7) is 3.77. The van der Waals surface area contributed by atoms with Crippen molar-refractivity contribution in [3.63, 3.8) is 0 Å². The summed E-state index contributed by atoms with van der Waals surface area (Å²) in [5.41, 5.74) is 10.4. The van der Waals surface area contributed by atoms with Crippen molar-refractivity contribution in [2.75, 3.05) is 18.8 Å². The molecule has 4 rings (SSSR count). The van der Waals surface area contributed by atoms with Crippen LogP contribution in [0, 0.1) is 6.92 Å². The normalized spacial score (nSPS) is 15.2. The molecule has 5 nitrogen and oxygen atoms in total. The molecule has 0 spiro atoms. The van der Waals surface area contributed by atoms with Crippen LogP contribution in [0.4, 0.5) is 10.5 Å². The largest absolute Gasteiger partial charge is 0.445 e. The molecule has 1 saturated heterocycles. The summed E-state index contributed by atoms with van der Waals surface area (Å²) in [5, 5.41) is 1.11. The first-order chi connectivity index (χ1) is 13.1. The predicted octanol–water partition coefficient (Wildman–Crippen LogP) is 4.51. The minimum absolute atomic E-state index is 0.227. The van der Waals surface area contributed by atoms with Gasteiger partial charge < -0.3 is 19.9 Å². The van der Waals surface area contributed by atoms with Gasteiger partial charge in [-0.1, -0.05) is 36.4 Å². The van der Waals surface area contributed by atoms with Crippen LogP contribution in [0.1, 0.15) is 30.0 Å². The van der Waals surface area contributed by atoms with Gasteiger partial charge in [0.2, 0.25) is 0 Å². The highest BCUT2D eigenvalue weighted by atomic mass is 16.6. The number of nitrogen functional groups attached to an aromatic ring is 1. The molecule has 1 aliphatic heterocycles. The van der Waals surface area contributed by atoms with Crippen LogP contribution in [0.3, 0.4) is 0 Å². The number of hydrogen-bond donors (Lipinski definition) is 1. The molecule has 1 fully saturated rings. The molecule has 2 N–H and O–H groups in total. The molecule has 1 amide bonds. The summed E-state index contributed by atoms with van der Waals surface area (Å²) in [6.07, 6.45) is 3.72. The zero-order valence-electron chi connectivity index (χ0n) is 15.6. The molecule has 0 saturated carbocycles. The van der Waals surface area contributed by atoms with Gasteiger partial charge in [-0.15, -0.1) is 0 Å². The fraction of sp³-hybridized carbons (Fsp3) is 0.318. The summed E-state index contributed by atoms with van der Waals surface area (Å²) in [4.78, 5) is 14.1. The topological polar surface area (TPSA) is 60.5 Å². The molecule has 1 aromatic heterocycles. The Morgan fingerprint density at radius 2 is 1.85 bits per heavy atom. The van der Waals surface area contributed by atoms with Crippen LogP contribution in [0.15, 0.2) is 54.7 Å². The predicted molar refractivity (Wildman–Crippen MR) is 108 cm³/mol. The van der Waals surface area contributed by atoms with E-state index < -0.39 is 0 Å². The summed E-state index contributed by atoms with van der Waals surface area (Å²) in [7, 11) is 0. The summed E-state index contributed by atoms with van der Waals surface area (Å²) >= 11 is 0. The highest BCUT2D eigenvalue weighted by Crippen LogP contribution is 2.31. The van der Waals surface area contributed by atoms with Gasteiger partial charge in [-0.05, 0) is 43.0 Å². The molecule has 0 atom stereocenters. The number of anilines is 1. The van der Waals surface area contributed by atoms with Crippen molar-refractivity contribution in [3.05, 3.63) is 65.9 Å². The van der Waals surface area contributed by atoms with Crippen molar-refractivity contribution >= 4 is 22.7 Å². The molecule has 1 aliphatic rings. The first-order valence-electron chi connectivity index (χ1n) is 9.45. The van der Waals surface area contributed by atoms with E-state index in [4.69, 9.17) is 10.5 Å². The molecular weight excluding hydrogens is 338 g/mol. The lowest BCUT2D eigenvalue weighted by atomic mass is 10.0. The quantitative estimate of drug-likeness (QED) is 0.697. The lowest BCUT2D eigenvalue weighted by Crippen LogP contribution is -2.39. The van der Waals surface area contributed by atoms with Gasteiger partial charge in [-0.2, -0.15) is 0 Å². The van der Waals surface area contributed by atoms with Crippen molar-refractivity contribution in [1.82, 2.24) is 9.47 Å². The molecule has 2 aromatic carbocycles. The van der Waals surface area contributed by atoms with Crippen molar-refractivity contribution in [2.45, 2.75) is 32.4 Å². The van der Waals surface area contributed by atoms with Gasteiger partial charge in [0.1, 0.15) is 6.61 Å². The first-order valence-corrected chi connectivity index (χ1v) is 9.45. The Morgan fingerprint density at radius 1 is 1.11 bits per heavy atom. The number of hydrogen-bond acceptors (Lipinski definition) is 3. The number of nitrogens with zero attached hydrogens (tertiary/aromatic N) is 2. The van der Waals surface area contributed by atoms with Gasteiger partial charge >= 0.3 is 6.09 Å². The third-order valence-electron chi connectivity index (χ3n) is 5.48. The maximum absolute atomic E-state index is 12.3. The second-order valence-corrected chi connectivity index (χ2v) is 7.21. The molecule has 0 unspecified atom stereocenters. The Morgan fingerprint density at radius 3 is 2.59 bits per heavy atom. The number of aromatic nitrogens is 1. The first kappa shape index (κ1) is 17.5. The van der Waals surface area contributed by atoms with Gasteiger partial charge in [0.25, 0.3) is 0 Å². The van der Waals surface area contributed by atoms with E-state index in [9.17, 15) is 4.79 Å². The van der Waals surface area contributed by atoms with E-state index in [2.05, 4.69) is 29.0 Å². The fourth-order valence-electron chi connectivity index (χ4n) is 3.82. The Hall–Kier alpha value is -2.95. The molecule has 0 bridgehead atoms. The van der Waals surface area contributed by atoms with Gasteiger partial charge in [0.15, 0.2) is 0 Å². The molecule has 0 radical (unpaired) electrons. The van der Waals surface area contributed by atoms with Crippen LogP contribution in [-0.2, 0) is 11.3 Å². The highest BCUT2D eigenvalue weighted by molar-refractivity contribution is 5.93. The third-order valence-corrected chi connectivity index (χ3v) is 5.48. The Balaban J connectivity index is 1.38.